The van der Waals surface area contributed by atoms with Crippen molar-refractivity contribution in [3.8, 4) is 28.3 Å². The van der Waals surface area contributed by atoms with Gasteiger partial charge >= 0.3 is 5.97 Å². The van der Waals surface area contributed by atoms with Crippen molar-refractivity contribution in [2.24, 2.45) is 0 Å². The Kier molecular flexibility index (Phi) is 5.18. The Morgan fingerprint density at radius 1 is 1.03 bits per heavy atom. The fourth-order valence-electron chi connectivity index (χ4n) is 3.02. The van der Waals surface area contributed by atoms with E-state index in [1.165, 1.54) is 0 Å². The van der Waals surface area contributed by atoms with E-state index in [9.17, 15) is 4.79 Å². The van der Waals surface area contributed by atoms with E-state index in [4.69, 9.17) is 21.1 Å². The van der Waals surface area contributed by atoms with Crippen molar-refractivity contribution >= 4 is 23.2 Å². The average Bonchev–Trinajstić information content (AvgIpc) is 3.18. The first-order valence-corrected chi connectivity index (χ1v) is 9.45. The SMILES string of the molecule is CCOC(=O)c1cc2nc(-c3ccc(Cl)cc3)cc(-c3ccc(OC)cc3)n2n1. The van der Waals surface area contributed by atoms with Gasteiger partial charge in [-0.25, -0.2) is 14.3 Å². The summed E-state index contributed by atoms with van der Waals surface area (Å²) in [5.41, 5.74) is 4.11. The second-order valence-corrected chi connectivity index (χ2v) is 6.72. The van der Waals surface area contributed by atoms with Gasteiger partial charge in [0.25, 0.3) is 0 Å². The fourth-order valence-corrected chi connectivity index (χ4v) is 3.14. The Balaban J connectivity index is 1.91. The van der Waals surface area contributed by atoms with Crippen molar-refractivity contribution in [1.29, 1.82) is 0 Å². The molecule has 6 nitrogen and oxygen atoms in total. The third-order valence-corrected chi connectivity index (χ3v) is 4.69. The number of aromatic nitrogens is 3. The van der Waals surface area contributed by atoms with Gasteiger partial charge in [-0.05, 0) is 49.4 Å². The number of nitrogens with zero attached hydrogens (tertiary/aromatic N) is 3. The molecule has 29 heavy (non-hydrogen) atoms. The molecular weight excluding hydrogens is 390 g/mol. The first-order chi connectivity index (χ1) is 14.1. The summed E-state index contributed by atoms with van der Waals surface area (Å²) in [6, 6.07) is 18.6. The zero-order valence-corrected chi connectivity index (χ0v) is 16.7. The summed E-state index contributed by atoms with van der Waals surface area (Å²) in [5.74, 6) is 0.274. The van der Waals surface area contributed by atoms with Crippen molar-refractivity contribution in [3.05, 3.63) is 71.4 Å². The number of rotatable bonds is 5. The maximum atomic E-state index is 12.2. The minimum atomic E-state index is -0.480. The molecule has 2 aromatic carbocycles. The minimum absolute atomic E-state index is 0.211. The second kappa shape index (κ2) is 7.93. The van der Waals surface area contributed by atoms with Gasteiger partial charge < -0.3 is 9.47 Å². The quantitative estimate of drug-likeness (QED) is 0.440. The van der Waals surface area contributed by atoms with Crippen molar-refractivity contribution in [3.63, 3.8) is 0 Å². The number of hydrogen-bond acceptors (Lipinski definition) is 5. The van der Waals surface area contributed by atoms with Gasteiger partial charge in [-0.3, -0.25) is 0 Å². The molecule has 0 bridgehead atoms. The molecule has 2 aromatic heterocycles. The third-order valence-electron chi connectivity index (χ3n) is 4.44. The molecule has 4 aromatic rings. The van der Waals surface area contributed by atoms with E-state index in [1.807, 2.05) is 54.6 Å². The maximum Gasteiger partial charge on any atom is 0.358 e. The summed E-state index contributed by atoms with van der Waals surface area (Å²) in [6.45, 7) is 2.04. The Morgan fingerprint density at radius 2 is 1.72 bits per heavy atom. The molecule has 0 atom stereocenters. The highest BCUT2D eigenvalue weighted by atomic mass is 35.5. The Labute approximate surface area is 172 Å². The van der Waals surface area contributed by atoms with Gasteiger partial charge in [-0.15, -0.1) is 0 Å². The van der Waals surface area contributed by atoms with Crippen LogP contribution < -0.4 is 4.74 Å². The number of carbonyl (C=O) groups is 1. The van der Waals surface area contributed by atoms with E-state index < -0.39 is 5.97 Å². The highest BCUT2D eigenvalue weighted by molar-refractivity contribution is 6.30. The summed E-state index contributed by atoms with van der Waals surface area (Å²) < 4.78 is 12.0. The van der Waals surface area contributed by atoms with E-state index in [-0.39, 0.29) is 12.3 Å². The number of esters is 1. The molecule has 7 heteroatoms. The number of hydrogen-bond donors (Lipinski definition) is 0. The van der Waals surface area contributed by atoms with E-state index >= 15 is 0 Å². The summed E-state index contributed by atoms with van der Waals surface area (Å²) in [4.78, 5) is 16.9. The number of ether oxygens (including phenoxy) is 2. The van der Waals surface area contributed by atoms with Crippen LogP contribution in [-0.4, -0.2) is 34.3 Å². The van der Waals surface area contributed by atoms with Crippen molar-refractivity contribution in [1.82, 2.24) is 14.6 Å². The molecule has 0 saturated carbocycles. The molecule has 0 radical (unpaired) electrons. The molecule has 0 aliphatic carbocycles. The Bertz CT molecular complexity index is 1170. The van der Waals surface area contributed by atoms with Crippen LogP contribution in [0.25, 0.3) is 28.2 Å². The molecule has 0 fully saturated rings. The molecule has 4 rings (SSSR count). The topological polar surface area (TPSA) is 65.7 Å². The van der Waals surface area contributed by atoms with Crippen molar-refractivity contribution < 1.29 is 14.3 Å². The first-order valence-electron chi connectivity index (χ1n) is 9.07. The number of methoxy groups -OCH3 is 1. The lowest BCUT2D eigenvalue weighted by atomic mass is 10.1. The summed E-state index contributed by atoms with van der Waals surface area (Å²) >= 11 is 6.02. The largest absolute Gasteiger partial charge is 0.497 e. The van der Waals surface area contributed by atoms with E-state index in [0.717, 1.165) is 28.3 Å². The molecule has 0 saturated heterocycles. The summed E-state index contributed by atoms with van der Waals surface area (Å²) in [5, 5.41) is 5.08. The maximum absolute atomic E-state index is 12.2. The predicted molar refractivity (Wildman–Crippen MR) is 111 cm³/mol. The first kappa shape index (κ1) is 19.0. The van der Waals surface area contributed by atoms with Crippen LogP contribution >= 0.6 is 11.6 Å². The Hall–Kier alpha value is -3.38. The van der Waals surface area contributed by atoms with Gasteiger partial charge in [0, 0.05) is 22.2 Å². The molecule has 0 spiro atoms. The molecule has 0 aliphatic heterocycles. The average molecular weight is 408 g/mol. The van der Waals surface area contributed by atoms with Crippen LogP contribution in [0.4, 0.5) is 0 Å². The number of halogens is 1. The highest BCUT2D eigenvalue weighted by Crippen LogP contribution is 2.28. The van der Waals surface area contributed by atoms with Gasteiger partial charge in [0.1, 0.15) is 5.75 Å². The normalized spacial score (nSPS) is 10.9. The van der Waals surface area contributed by atoms with Crippen LogP contribution in [0, 0.1) is 0 Å². The monoisotopic (exact) mass is 407 g/mol. The van der Waals surface area contributed by atoms with E-state index in [1.54, 1.807) is 24.6 Å². The highest BCUT2D eigenvalue weighted by Gasteiger charge is 2.17. The van der Waals surface area contributed by atoms with Crippen LogP contribution in [-0.2, 0) is 4.74 Å². The lowest BCUT2D eigenvalue weighted by Crippen LogP contribution is -2.06. The molecule has 0 amide bonds. The van der Waals surface area contributed by atoms with Gasteiger partial charge in [0.15, 0.2) is 11.3 Å². The third kappa shape index (κ3) is 3.79. The van der Waals surface area contributed by atoms with Crippen molar-refractivity contribution in [2.45, 2.75) is 6.92 Å². The molecule has 0 unspecified atom stereocenters. The second-order valence-electron chi connectivity index (χ2n) is 6.28. The smallest absolute Gasteiger partial charge is 0.358 e. The minimum Gasteiger partial charge on any atom is -0.497 e. The number of carbonyl (C=O) groups excluding carboxylic acids is 1. The lowest BCUT2D eigenvalue weighted by Gasteiger charge is -2.09. The standard InChI is InChI=1S/C22H18ClN3O3/c1-3-29-22(27)19-13-21-24-18(14-4-8-16(23)9-5-14)12-20(26(21)25-19)15-6-10-17(28-2)11-7-15/h4-13H,3H2,1-2H3. The van der Waals surface area contributed by atoms with Gasteiger partial charge in [0.05, 0.1) is 25.1 Å². The molecule has 0 aliphatic rings. The van der Waals surface area contributed by atoms with Crippen LogP contribution in [0.3, 0.4) is 0 Å². The fraction of sp³-hybridized carbons (Fsp3) is 0.136. The number of benzene rings is 2. The van der Waals surface area contributed by atoms with Crippen LogP contribution in [0.5, 0.6) is 5.75 Å². The zero-order valence-electron chi connectivity index (χ0n) is 15.9. The molecule has 0 N–H and O–H groups in total. The zero-order chi connectivity index (χ0) is 20.4. The van der Waals surface area contributed by atoms with Crippen LogP contribution in [0.1, 0.15) is 17.4 Å². The summed E-state index contributed by atoms with van der Waals surface area (Å²) in [7, 11) is 1.62. The summed E-state index contributed by atoms with van der Waals surface area (Å²) in [6.07, 6.45) is 0. The van der Waals surface area contributed by atoms with E-state index in [0.29, 0.717) is 10.7 Å². The molecule has 2 heterocycles. The van der Waals surface area contributed by atoms with Gasteiger partial charge in [-0.2, -0.15) is 5.10 Å². The lowest BCUT2D eigenvalue weighted by molar-refractivity contribution is 0.0519. The van der Waals surface area contributed by atoms with E-state index in [2.05, 4.69) is 10.1 Å². The van der Waals surface area contributed by atoms with Crippen LogP contribution in [0.15, 0.2) is 60.7 Å². The van der Waals surface area contributed by atoms with Crippen LogP contribution in [0.2, 0.25) is 5.02 Å². The number of fused-ring (bicyclic) bond motifs is 1. The Morgan fingerprint density at radius 3 is 2.38 bits per heavy atom. The molecule has 146 valence electrons. The van der Waals surface area contributed by atoms with Crippen molar-refractivity contribution in [2.75, 3.05) is 13.7 Å². The van der Waals surface area contributed by atoms with Gasteiger partial charge in [-0.1, -0.05) is 23.7 Å². The van der Waals surface area contributed by atoms with Gasteiger partial charge in [0.2, 0.25) is 0 Å². The predicted octanol–water partition coefficient (Wildman–Crippen LogP) is 4.90. The molecular formula is C22H18ClN3O3.